The highest BCUT2D eigenvalue weighted by Gasteiger charge is 2.25. The van der Waals surface area contributed by atoms with Crippen LogP contribution in [0.3, 0.4) is 0 Å². The highest BCUT2D eigenvalue weighted by Crippen LogP contribution is 2.30. The molecule has 19 heavy (non-hydrogen) atoms. The molecule has 1 aromatic carbocycles. The van der Waals surface area contributed by atoms with Crippen molar-refractivity contribution in [2.24, 2.45) is 5.92 Å². The monoisotopic (exact) mass is 261 g/mol. The highest BCUT2D eigenvalue weighted by molar-refractivity contribution is 5.69. The molecule has 1 atom stereocenters. The molecule has 0 amide bonds. The molecule has 0 aliphatic heterocycles. The lowest BCUT2D eigenvalue weighted by Crippen LogP contribution is -2.33. The second kappa shape index (κ2) is 6.71. The number of benzene rings is 1. The van der Waals surface area contributed by atoms with Gasteiger partial charge in [0.15, 0.2) is 0 Å². The lowest BCUT2D eigenvalue weighted by atomic mass is 9.98. The van der Waals surface area contributed by atoms with Crippen LogP contribution in [0.5, 0.6) is 0 Å². The van der Waals surface area contributed by atoms with Gasteiger partial charge in [-0.15, -0.1) is 0 Å². The molecule has 1 unspecified atom stereocenters. The Bertz CT molecular complexity index is 400. The van der Waals surface area contributed by atoms with E-state index in [1.54, 1.807) is 0 Å². The lowest BCUT2D eigenvalue weighted by molar-refractivity contribution is -0.138. The largest absolute Gasteiger partial charge is 0.480 e. The molecule has 3 nitrogen and oxygen atoms in total. The minimum atomic E-state index is -0.715. The summed E-state index contributed by atoms with van der Waals surface area (Å²) in [5.41, 5.74) is 1.34. The SMILES string of the molecule is CC(CCN(CC(=O)O)CC1CC1)c1ccccc1. The number of carboxylic acids is 1. The second-order valence-corrected chi connectivity index (χ2v) is 5.67. The number of aliphatic carboxylic acids is 1. The topological polar surface area (TPSA) is 40.5 Å². The molecule has 0 saturated heterocycles. The van der Waals surface area contributed by atoms with E-state index >= 15 is 0 Å². The zero-order valence-electron chi connectivity index (χ0n) is 11.6. The van der Waals surface area contributed by atoms with E-state index in [1.165, 1.54) is 18.4 Å². The molecule has 1 aliphatic rings. The summed E-state index contributed by atoms with van der Waals surface area (Å²) in [5, 5.41) is 8.96. The predicted octanol–water partition coefficient (Wildman–Crippen LogP) is 2.98. The summed E-state index contributed by atoms with van der Waals surface area (Å²) in [5.74, 6) is 0.510. The molecule has 1 fully saturated rings. The zero-order valence-corrected chi connectivity index (χ0v) is 11.6. The van der Waals surface area contributed by atoms with Crippen LogP contribution in [-0.2, 0) is 4.79 Å². The quantitative estimate of drug-likeness (QED) is 0.782. The van der Waals surface area contributed by atoms with E-state index in [-0.39, 0.29) is 6.54 Å². The average Bonchev–Trinajstić information content (AvgIpc) is 3.20. The predicted molar refractivity (Wildman–Crippen MR) is 76.3 cm³/mol. The minimum Gasteiger partial charge on any atom is -0.480 e. The Morgan fingerprint density at radius 2 is 2.05 bits per heavy atom. The van der Waals surface area contributed by atoms with Crippen molar-refractivity contribution in [1.29, 1.82) is 0 Å². The van der Waals surface area contributed by atoms with E-state index in [0.717, 1.165) is 25.4 Å². The van der Waals surface area contributed by atoms with Crippen LogP contribution >= 0.6 is 0 Å². The highest BCUT2D eigenvalue weighted by atomic mass is 16.4. The number of hydrogen-bond acceptors (Lipinski definition) is 2. The van der Waals surface area contributed by atoms with Crippen LogP contribution in [0.4, 0.5) is 0 Å². The number of rotatable bonds is 8. The smallest absolute Gasteiger partial charge is 0.317 e. The summed E-state index contributed by atoms with van der Waals surface area (Å²) < 4.78 is 0. The molecular weight excluding hydrogens is 238 g/mol. The van der Waals surface area contributed by atoms with Crippen LogP contribution < -0.4 is 0 Å². The molecule has 1 N–H and O–H groups in total. The van der Waals surface area contributed by atoms with Gasteiger partial charge in [-0.25, -0.2) is 0 Å². The van der Waals surface area contributed by atoms with Gasteiger partial charge in [0.2, 0.25) is 0 Å². The molecule has 0 bridgehead atoms. The van der Waals surface area contributed by atoms with Crippen molar-refractivity contribution in [1.82, 2.24) is 4.90 Å². The van der Waals surface area contributed by atoms with Crippen molar-refractivity contribution in [3.05, 3.63) is 35.9 Å². The first-order valence-electron chi connectivity index (χ1n) is 7.14. The third-order valence-electron chi connectivity index (χ3n) is 3.82. The minimum absolute atomic E-state index is 0.179. The third kappa shape index (κ3) is 5.03. The van der Waals surface area contributed by atoms with E-state index in [1.807, 2.05) is 6.07 Å². The molecule has 0 heterocycles. The van der Waals surface area contributed by atoms with Gasteiger partial charge in [-0.3, -0.25) is 9.69 Å². The van der Waals surface area contributed by atoms with Crippen molar-refractivity contribution in [2.45, 2.75) is 32.1 Å². The standard InChI is InChI=1S/C16H23NO2/c1-13(15-5-3-2-4-6-15)9-10-17(12-16(18)19)11-14-7-8-14/h2-6,13-14H,7-12H2,1H3,(H,18,19). The Morgan fingerprint density at radius 1 is 1.37 bits per heavy atom. The van der Waals surface area contributed by atoms with Crippen molar-refractivity contribution < 1.29 is 9.90 Å². The molecule has 2 rings (SSSR count). The average molecular weight is 261 g/mol. The van der Waals surface area contributed by atoms with Gasteiger partial charge in [-0.2, -0.15) is 0 Å². The van der Waals surface area contributed by atoms with Crippen molar-refractivity contribution in [2.75, 3.05) is 19.6 Å². The summed E-state index contributed by atoms with van der Waals surface area (Å²) >= 11 is 0. The van der Waals surface area contributed by atoms with E-state index in [9.17, 15) is 4.79 Å². The lowest BCUT2D eigenvalue weighted by Gasteiger charge is -2.22. The fourth-order valence-corrected chi connectivity index (χ4v) is 2.42. The van der Waals surface area contributed by atoms with Crippen molar-refractivity contribution in [3.8, 4) is 0 Å². The second-order valence-electron chi connectivity index (χ2n) is 5.67. The fraction of sp³-hybridized carbons (Fsp3) is 0.562. The van der Waals surface area contributed by atoms with Gasteiger partial charge in [0.05, 0.1) is 6.54 Å². The van der Waals surface area contributed by atoms with Crippen LogP contribution in [-0.4, -0.2) is 35.6 Å². The van der Waals surface area contributed by atoms with Crippen LogP contribution in [0, 0.1) is 5.92 Å². The first-order valence-corrected chi connectivity index (χ1v) is 7.14. The zero-order chi connectivity index (χ0) is 13.7. The van der Waals surface area contributed by atoms with Crippen LogP contribution in [0.1, 0.15) is 37.7 Å². The number of carbonyl (C=O) groups is 1. The van der Waals surface area contributed by atoms with Gasteiger partial charge in [0, 0.05) is 6.54 Å². The maximum absolute atomic E-state index is 10.9. The first kappa shape index (κ1) is 14.1. The molecule has 1 aliphatic carbocycles. The fourth-order valence-electron chi connectivity index (χ4n) is 2.42. The molecular formula is C16H23NO2. The third-order valence-corrected chi connectivity index (χ3v) is 3.82. The van der Waals surface area contributed by atoms with Gasteiger partial charge < -0.3 is 5.11 Å². The van der Waals surface area contributed by atoms with E-state index in [0.29, 0.717) is 5.92 Å². The molecule has 3 heteroatoms. The Labute approximate surface area is 115 Å². The number of nitrogens with zero attached hydrogens (tertiary/aromatic N) is 1. The van der Waals surface area contributed by atoms with Gasteiger partial charge in [-0.1, -0.05) is 37.3 Å². The summed E-state index contributed by atoms with van der Waals surface area (Å²) in [6.45, 7) is 4.22. The van der Waals surface area contributed by atoms with Gasteiger partial charge in [0.25, 0.3) is 0 Å². The summed E-state index contributed by atoms with van der Waals surface area (Å²) in [4.78, 5) is 13.0. The van der Waals surface area contributed by atoms with Crippen molar-refractivity contribution >= 4 is 5.97 Å². The number of carboxylic acid groups (broad SMARTS) is 1. The summed E-state index contributed by atoms with van der Waals surface area (Å²) in [6.07, 6.45) is 3.55. The molecule has 0 aromatic heterocycles. The van der Waals surface area contributed by atoms with E-state index < -0.39 is 5.97 Å². The maximum Gasteiger partial charge on any atom is 0.317 e. The molecule has 1 aromatic rings. The maximum atomic E-state index is 10.9. The van der Waals surface area contributed by atoms with E-state index in [2.05, 4.69) is 36.1 Å². The molecule has 0 radical (unpaired) electrons. The van der Waals surface area contributed by atoms with Gasteiger partial charge in [-0.05, 0) is 43.2 Å². The summed E-state index contributed by atoms with van der Waals surface area (Å²) in [6, 6.07) is 10.4. The molecule has 1 saturated carbocycles. The normalized spacial score (nSPS) is 16.5. The van der Waals surface area contributed by atoms with Crippen LogP contribution in [0.2, 0.25) is 0 Å². The van der Waals surface area contributed by atoms with Gasteiger partial charge in [0.1, 0.15) is 0 Å². The Morgan fingerprint density at radius 3 is 2.63 bits per heavy atom. The van der Waals surface area contributed by atoms with Crippen LogP contribution in [0.15, 0.2) is 30.3 Å². The van der Waals surface area contributed by atoms with Crippen LogP contribution in [0.25, 0.3) is 0 Å². The first-order chi connectivity index (χ1) is 9.15. The van der Waals surface area contributed by atoms with Crippen molar-refractivity contribution in [3.63, 3.8) is 0 Å². The number of hydrogen-bond donors (Lipinski definition) is 1. The van der Waals surface area contributed by atoms with Gasteiger partial charge >= 0.3 is 5.97 Å². The molecule has 0 spiro atoms. The summed E-state index contributed by atoms with van der Waals surface area (Å²) in [7, 11) is 0. The Balaban J connectivity index is 1.81. The van der Waals surface area contributed by atoms with E-state index in [4.69, 9.17) is 5.11 Å². The Kier molecular flexibility index (Phi) is 4.97. The molecule has 104 valence electrons. The Hall–Kier alpha value is -1.35.